The van der Waals surface area contributed by atoms with Crippen LogP contribution < -0.4 is 15.1 Å². The van der Waals surface area contributed by atoms with Crippen LogP contribution in [0.5, 0.6) is 0 Å². The summed E-state index contributed by atoms with van der Waals surface area (Å²) in [6.07, 6.45) is -4.72. The number of halogens is 4. The lowest BCUT2D eigenvalue weighted by molar-refractivity contribution is -0.137. The Kier molecular flexibility index (Phi) is 8.53. The van der Waals surface area contributed by atoms with Crippen LogP contribution in [-0.4, -0.2) is 40.1 Å². The SMILES string of the molecule is CCOC(=O)c1ccc(NC(=O)Cn2c3c(sc2=O)[C@@H](c2ccc(F)cc2)C2C(=O)N(c4cccc(C(F)(F)F)c4)C(=O)C2S3)cc1. The van der Waals surface area contributed by atoms with E-state index < -0.39 is 69.8 Å². The number of carbonyl (C=O) groups excluding carboxylic acids is 4. The number of hydrogen-bond donors (Lipinski definition) is 1. The Bertz CT molecular complexity index is 1960. The summed E-state index contributed by atoms with van der Waals surface area (Å²) in [5, 5.41) is 1.74. The smallest absolute Gasteiger partial charge is 0.416 e. The van der Waals surface area contributed by atoms with Gasteiger partial charge in [0.25, 0.3) is 0 Å². The molecule has 4 aromatic rings. The van der Waals surface area contributed by atoms with Gasteiger partial charge in [0.15, 0.2) is 0 Å². The van der Waals surface area contributed by atoms with Crippen molar-refractivity contribution in [3.8, 4) is 0 Å². The number of imide groups is 1. The normalized spacial score (nSPS) is 18.9. The average molecular weight is 686 g/mol. The van der Waals surface area contributed by atoms with Gasteiger partial charge >= 0.3 is 17.0 Å². The van der Waals surface area contributed by atoms with Crippen LogP contribution in [0.3, 0.4) is 0 Å². The van der Waals surface area contributed by atoms with Crippen molar-refractivity contribution in [2.75, 3.05) is 16.8 Å². The topological polar surface area (TPSA) is 115 Å². The summed E-state index contributed by atoms with van der Waals surface area (Å²) in [5.41, 5.74) is -0.264. The molecule has 1 aromatic heterocycles. The van der Waals surface area contributed by atoms with Gasteiger partial charge in [-0.25, -0.2) is 14.1 Å². The third kappa shape index (κ3) is 6.07. The van der Waals surface area contributed by atoms with Crippen LogP contribution in [0.15, 0.2) is 82.6 Å². The molecule has 1 fully saturated rings. The van der Waals surface area contributed by atoms with Crippen molar-refractivity contribution in [1.82, 2.24) is 4.57 Å². The molecule has 242 valence electrons. The van der Waals surface area contributed by atoms with Crippen molar-refractivity contribution in [1.29, 1.82) is 0 Å². The second-order valence-corrected chi connectivity index (χ2v) is 12.7. The predicted octanol–water partition coefficient (Wildman–Crippen LogP) is 5.68. The highest BCUT2D eigenvalue weighted by Gasteiger charge is 2.57. The Balaban J connectivity index is 1.34. The number of benzene rings is 3. The molecule has 3 atom stereocenters. The van der Waals surface area contributed by atoms with Gasteiger partial charge in [-0.05, 0) is 67.1 Å². The number of hydrogen-bond acceptors (Lipinski definition) is 8. The first-order valence-corrected chi connectivity index (χ1v) is 15.8. The van der Waals surface area contributed by atoms with E-state index in [1.54, 1.807) is 6.92 Å². The average Bonchev–Trinajstić information content (AvgIpc) is 3.47. The lowest BCUT2D eigenvalue weighted by Gasteiger charge is -2.30. The zero-order valence-electron chi connectivity index (χ0n) is 24.2. The highest BCUT2D eigenvalue weighted by molar-refractivity contribution is 8.00. The number of nitrogens with one attached hydrogen (secondary N) is 1. The molecule has 3 aromatic carbocycles. The number of ether oxygens (including phenoxy) is 1. The summed E-state index contributed by atoms with van der Waals surface area (Å²) < 4.78 is 60.5. The van der Waals surface area contributed by atoms with Gasteiger partial charge in [-0.15, -0.1) is 0 Å². The maximum atomic E-state index is 13.9. The van der Waals surface area contributed by atoms with Gasteiger partial charge in [0.2, 0.25) is 17.7 Å². The molecule has 6 rings (SSSR count). The first kappa shape index (κ1) is 32.2. The fraction of sp³-hybridized carbons (Fsp3) is 0.219. The van der Waals surface area contributed by atoms with Gasteiger partial charge in [-0.2, -0.15) is 13.2 Å². The van der Waals surface area contributed by atoms with Crippen LogP contribution in [0.1, 0.15) is 39.2 Å². The fourth-order valence-corrected chi connectivity index (χ4v) is 8.38. The Hall–Kier alpha value is -4.76. The number of anilines is 2. The molecule has 0 spiro atoms. The number of carbonyl (C=O) groups is 4. The zero-order chi connectivity index (χ0) is 33.6. The molecular weight excluding hydrogens is 662 g/mol. The molecule has 0 radical (unpaired) electrons. The summed E-state index contributed by atoms with van der Waals surface area (Å²) in [6, 6.07) is 15.0. The number of nitrogens with zero attached hydrogens (tertiary/aromatic N) is 2. The van der Waals surface area contributed by atoms with E-state index in [4.69, 9.17) is 4.74 Å². The van der Waals surface area contributed by atoms with Gasteiger partial charge in [-0.1, -0.05) is 41.3 Å². The van der Waals surface area contributed by atoms with E-state index in [0.717, 1.165) is 58.3 Å². The monoisotopic (exact) mass is 685 g/mol. The van der Waals surface area contributed by atoms with Crippen molar-refractivity contribution < 1.29 is 41.5 Å². The number of amides is 3. The molecule has 0 aliphatic carbocycles. The maximum Gasteiger partial charge on any atom is 0.416 e. The van der Waals surface area contributed by atoms with Gasteiger partial charge in [-0.3, -0.25) is 23.7 Å². The molecule has 47 heavy (non-hydrogen) atoms. The summed E-state index contributed by atoms with van der Waals surface area (Å²) in [4.78, 5) is 66.6. The molecule has 9 nitrogen and oxygen atoms in total. The molecule has 1 saturated heterocycles. The minimum absolute atomic E-state index is 0.196. The number of esters is 1. The van der Waals surface area contributed by atoms with Gasteiger partial charge < -0.3 is 10.1 Å². The number of rotatable bonds is 7. The maximum absolute atomic E-state index is 13.9. The van der Waals surface area contributed by atoms with Crippen molar-refractivity contribution >= 4 is 58.2 Å². The van der Waals surface area contributed by atoms with Gasteiger partial charge in [0.1, 0.15) is 17.6 Å². The molecular formula is C32H23F4N3O6S2. The van der Waals surface area contributed by atoms with E-state index >= 15 is 0 Å². The number of thioether (sulfide) groups is 1. The number of alkyl halides is 3. The third-order valence-corrected chi connectivity index (χ3v) is 10.3. The number of thiazole rings is 1. The Morgan fingerprint density at radius 1 is 0.957 bits per heavy atom. The van der Waals surface area contributed by atoms with E-state index in [2.05, 4.69) is 5.32 Å². The Labute approximate surface area is 272 Å². The zero-order valence-corrected chi connectivity index (χ0v) is 25.9. The molecule has 2 aliphatic heterocycles. The molecule has 2 aliphatic rings. The van der Waals surface area contributed by atoms with E-state index in [1.165, 1.54) is 47.0 Å². The first-order valence-electron chi connectivity index (χ1n) is 14.1. The molecule has 0 saturated carbocycles. The van der Waals surface area contributed by atoms with Crippen LogP contribution in [0.2, 0.25) is 0 Å². The van der Waals surface area contributed by atoms with Crippen LogP contribution in [0, 0.1) is 11.7 Å². The van der Waals surface area contributed by atoms with Crippen LogP contribution in [-0.2, 0) is 31.8 Å². The highest BCUT2D eigenvalue weighted by atomic mass is 32.2. The van der Waals surface area contributed by atoms with Gasteiger partial charge in [0, 0.05) is 16.5 Å². The van der Waals surface area contributed by atoms with Crippen LogP contribution in [0.4, 0.5) is 28.9 Å². The van der Waals surface area contributed by atoms with E-state index in [-0.39, 0.29) is 22.9 Å². The predicted molar refractivity (Wildman–Crippen MR) is 165 cm³/mol. The molecule has 15 heteroatoms. The summed E-state index contributed by atoms with van der Waals surface area (Å²) >= 11 is 1.66. The summed E-state index contributed by atoms with van der Waals surface area (Å²) in [5.74, 6) is -5.29. The van der Waals surface area contributed by atoms with Crippen molar-refractivity contribution in [2.24, 2.45) is 5.92 Å². The minimum Gasteiger partial charge on any atom is -0.462 e. The van der Waals surface area contributed by atoms with Crippen molar-refractivity contribution in [3.05, 3.63) is 110 Å². The number of fused-ring (bicyclic) bond motifs is 2. The third-order valence-electron chi connectivity index (χ3n) is 7.69. The van der Waals surface area contributed by atoms with Crippen LogP contribution >= 0.6 is 23.1 Å². The van der Waals surface area contributed by atoms with Crippen LogP contribution in [0.25, 0.3) is 0 Å². The Morgan fingerprint density at radius 2 is 1.66 bits per heavy atom. The minimum atomic E-state index is -4.72. The van der Waals surface area contributed by atoms with Crippen molar-refractivity contribution in [2.45, 2.75) is 35.8 Å². The fourth-order valence-electron chi connectivity index (χ4n) is 5.61. The summed E-state index contributed by atoms with van der Waals surface area (Å²) in [7, 11) is 0. The quantitative estimate of drug-likeness (QED) is 0.151. The van der Waals surface area contributed by atoms with E-state index in [9.17, 15) is 41.5 Å². The Morgan fingerprint density at radius 3 is 2.32 bits per heavy atom. The number of aromatic nitrogens is 1. The lowest BCUT2D eigenvalue weighted by Crippen LogP contribution is -2.33. The first-order chi connectivity index (χ1) is 22.4. The largest absolute Gasteiger partial charge is 0.462 e. The standard InChI is InChI=1S/C32H23F4N3O6S2/c1-2-45-30(43)17-8-12-20(13-9-17)37-22(40)15-38-29-26(47-31(38)44)23(16-6-10-19(33)11-7-16)24-25(46-29)28(42)39(27(24)41)21-5-3-4-18(14-21)32(34,35)36/h3-14,23-25H,2,15H2,1H3,(H,37,40)/t23-,24?,25?/m0/s1. The molecule has 2 unspecified atom stereocenters. The lowest BCUT2D eigenvalue weighted by atomic mass is 9.83. The van der Waals surface area contributed by atoms with Crippen molar-refractivity contribution in [3.63, 3.8) is 0 Å². The molecule has 3 amide bonds. The van der Waals surface area contributed by atoms with Gasteiger partial charge in [0.05, 0.1) is 34.4 Å². The molecule has 0 bridgehead atoms. The summed E-state index contributed by atoms with van der Waals surface area (Å²) in [6.45, 7) is 1.40. The molecule has 1 N–H and O–H groups in total. The second-order valence-electron chi connectivity index (χ2n) is 10.6. The second kappa shape index (κ2) is 12.4. The molecule has 3 heterocycles. The van der Waals surface area contributed by atoms with E-state index in [0.29, 0.717) is 16.1 Å². The highest BCUT2D eigenvalue weighted by Crippen LogP contribution is 2.54. The van der Waals surface area contributed by atoms with E-state index in [1.807, 2.05) is 0 Å².